The molecule has 142 valence electrons. The number of imidazole rings is 1. The molecule has 8 heteroatoms. The summed E-state index contributed by atoms with van der Waals surface area (Å²) in [6, 6.07) is 8.18. The fourth-order valence-corrected chi connectivity index (χ4v) is 3.11. The van der Waals surface area contributed by atoms with E-state index in [0.717, 1.165) is 49.4 Å². The average molecular weight is 470 g/mol. The van der Waals surface area contributed by atoms with Gasteiger partial charge in [-0.1, -0.05) is 12.1 Å². The molecule has 0 aliphatic carbocycles. The quantitative estimate of drug-likeness (QED) is 0.421. The van der Waals surface area contributed by atoms with Gasteiger partial charge in [-0.2, -0.15) is 0 Å². The Morgan fingerprint density at radius 2 is 1.96 bits per heavy atom. The Bertz CT molecular complexity index is 724. The van der Waals surface area contributed by atoms with Gasteiger partial charge in [0.2, 0.25) is 0 Å². The number of aryl methyl sites for hydroxylation is 1. The third-order valence-corrected chi connectivity index (χ3v) is 4.54. The number of aliphatic imine (C=N–C) groups is 1. The van der Waals surface area contributed by atoms with E-state index in [2.05, 4.69) is 37.2 Å². The predicted molar refractivity (Wildman–Crippen MR) is 116 cm³/mol. The van der Waals surface area contributed by atoms with Gasteiger partial charge < -0.3 is 24.4 Å². The van der Waals surface area contributed by atoms with Gasteiger partial charge in [-0.15, -0.1) is 24.0 Å². The summed E-state index contributed by atoms with van der Waals surface area (Å²) in [4.78, 5) is 13.4. The number of guanidine groups is 1. The highest BCUT2D eigenvalue weighted by molar-refractivity contribution is 14.0. The number of nitrogens with zero attached hydrogens (tertiary/aromatic N) is 5. The van der Waals surface area contributed by atoms with Crippen molar-refractivity contribution in [1.82, 2.24) is 19.8 Å². The third-order valence-electron chi connectivity index (χ3n) is 4.54. The molecule has 1 saturated heterocycles. The number of ether oxygens (including phenoxy) is 1. The van der Waals surface area contributed by atoms with E-state index in [1.54, 1.807) is 7.11 Å². The lowest BCUT2D eigenvalue weighted by Crippen LogP contribution is -2.52. The van der Waals surface area contributed by atoms with Crippen LogP contribution in [0.3, 0.4) is 0 Å². The van der Waals surface area contributed by atoms with Gasteiger partial charge >= 0.3 is 0 Å². The fourth-order valence-electron chi connectivity index (χ4n) is 3.11. The van der Waals surface area contributed by atoms with E-state index in [0.29, 0.717) is 6.54 Å². The number of hydrogen-bond donors (Lipinski definition) is 1. The van der Waals surface area contributed by atoms with Crippen LogP contribution in [0.2, 0.25) is 0 Å². The van der Waals surface area contributed by atoms with Gasteiger partial charge in [-0.05, 0) is 12.1 Å². The van der Waals surface area contributed by atoms with Crippen molar-refractivity contribution < 1.29 is 4.74 Å². The molecule has 0 amide bonds. The molecular formula is C18H27IN6O. The highest BCUT2D eigenvalue weighted by Crippen LogP contribution is 2.28. The standard InChI is InChI=1S/C18H26N6O.HI/c1-19-18(21-14-17-20-8-9-22(17)2)24-12-10-23(11-13-24)15-6-4-5-7-16(15)25-3;/h4-9H,10-14H2,1-3H3,(H,19,21);1H. The molecule has 7 nitrogen and oxygen atoms in total. The van der Waals surface area contributed by atoms with E-state index in [9.17, 15) is 0 Å². The highest BCUT2D eigenvalue weighted by atomic mass is 127. The molecule has 2 aromatic rings. The van der Waals surface area contributed by atoms with Gasteiger partial charge in [0.15, 0.2) is 5.96 Å². The summed E-state index contributed by atoms with van der Waals surface area (Å²) in [5.41, 5.74) is 1.15. The van der Waals surface area contributed by atoms with Crippen LogP contribution < -0.4 is 15.0 Å². The molecule has 26 heavy (non-hydrogen) atoms. The zero-order valence-corrected chi connectivity index (χ0v) is 17.9. The summed E-state index contributed by atoms with van der Waals surface area (Å²) in [6.45, 7) is 4.37. The normalized spacial score (nSPS) is 14.8. The minimum Gasteiger partial charge on any atom is -0.495 e. The average Bonchev–Trinajstić information content (AvgIpc) is 3.07. The van der Waals surface area contributed by atoms with Crippen molar-refractivity contribution in [3.05, 3.63) is 42.5 Å². The van der Waals surface area contributed by atoms with Crippen molar-refractivity contribution in [2.75, 3.05) is 45.2 Å². The van der Waals surface area contributed by atoms with E-state index < -0.39 is 0 Å². The van der Waals surface area contributed by atoms with Crippen LogP contribution >= 0.6 is 24.0 Å². The molecule has 1 fully saturated rings. The Morgan fingerprint density at radius 1 is 1.23 bits per heavy atom. The number of methoxy groups -OCH3 is 1. The minimum atomic E-state index is 0. The predicted octanol–water partition coefficient (Wildman–Crippen LogP) is 1.94. The minimum absolute atomic E-state index is 0. The Hall–Kier alpha value is -1.97. The van der Waals surface area contributed by atoms with Crippen molar-refractivity contribution in [1.29, 1.82) is 0 Å². The van der Waals surface area contributed by atoms with Gasteiger partial charge in [0, 0.05) is 52.7 Å². The summed E-state index contributed by atoms with van der Waals surface area (Å²) < 4.78 is 7.50. The molecule has 0 unspecified atom stereocenters. The summed E-state index contributed by atoms with van der Waals surface area (Å²) in [6.07, 6.45) is 3.76. The first-order valence-corrected chi connectivity index (χ1v) is 8.52. The number of hydrogen-bond acceptors (Lipinski definition) is 4. The molecule has 0 bridgehead atoms. The topological polar surface area (TPSA) is 57.9 Å². The molecule has 1 N–H and O–H groups in total. The fraction of sp³-hybridized carbons (Fsp3) is 0.444. The van der Waals surface area contributed by atoms with E-state index in [1.807, 2.05) is 43.2 Å². The second-order valence-electron chi connectivity index (χ2n) is 6.00. The number of halogens is 1. The van der Waals surface area contributed by atoms with Crippen molar-refractivity contribution in [3.63, 3.8) is 0 Å². The molecule has 1 aromatic carbocycles. The zero-order chi connectivity index (χ0) is 17.6. The molecular weight excluding hydrogens is 443 g/mol. The molecule has 0 atom stereocenters. The molecule has 1 aliphatic heterocycles. The molecule has 1 aliphatic rings. The number of rotatable bonds is 4. The van der Waals surface area contributed by atoms with Gasteiger partial charge in [0.25, 0.3) is 0 Å². The van der Waals surface area contributed by atoms with Crippen LogP contribution in [0, 0.1) is 0 Å². The Kier molecular flexibility index (Phi) is 7.55. The SMILES string of the molecule is CN=C(NCc1nccn1C)N1CCN(c2ccccc2OC)CC1.I. The second-order valence-corrected chi connectivity index (χ2v) is 6.00. The van der Waals surface area contributed by atoms with Crippen LogP contribution in [0.25, 0.3) is 0 Å². The maximum atomic E-state index is 5.48. The van der Waals surface area contributed by atoms with E-state index in [1.165, 1.54) is 0 Å². The number of piperazine rings is 1. The first-order chi connectivity index (χ1) is 12.2. The number of aromatic nitrogens is 2. The van der Waals surface area contributed by atoms with Crippen LogP contribution in [0.5, 0.6) is 5.75 Å². The lowest BCUT2D eigenvalue weighted by molar-refractivity contribution is 0.366. The van der Waals surface area contributed by atoms with Crippen LogP contribution in [-0.4, -0.2) is 60.7 Å². The zero-order valence-electron chi connectivity index (χ0n) is 15.6. The first kappa shape index (κ1) is 20.3. The summed E-state index contributed by atoms with van der Waals surface area (Å²) in [7, 11) is 5.55. The van der Waals surface area contributed by atoms with Crippen molar-refractivity contribution in [2.45, 2.75) is 6.54 Å². The van der Waals surface area contributed by atoms with Crippen molar-refractivity contribution in [3.8, 4) is 5.75 Å². The lowest BCUT2D eigenvalue weighted by atomic mass is 10.2. The van der Waals surface area contributed by atoms with Crippen molar-refractivity contribution in [2.24, 2.45) is 12.0 Å². The molecule has 0 saturated carbocycles. The monoisotopic (exact) mass is 470 g/mol. The van der Waals surface area contributed by atoms with Gasteiger partial charge in [0.1, 0.15) is 11.6 Å². The Morgan fingerprint density at radius 3 is 2.58 bits per heavy atom. The van der Waals surface area contributed by atoms with Crippen molar-refractivity contribution >= 4 is 35.6 Å². The number of nitrogens with one attached hydrogen (secondary N) is 1. The number of para-hydroxylation sites is 2. The smallest absolute Gasteiger partial charge is 0.194 e. The second kappa shape index (κ2) is 9.65. The third kappa shape index (κ3) is 4.60. The lowest BCUT2D eigenvalue weighted by Gasteiger charge is -2.38. The van der Waals surface area contributed by atoms with E-state index >= 15 is 0 Å². The van der Waals surface area contributed by atoms with Crippen LogP contribution in [0.1, 0.15) is 5.82 Å². The molecule has 2 heterocycles. The van der Waals surface area contributed by atoms with Gasteiger partial charge in [-0.25, -0.2) is 4.98 Å². The summed E-state index contributed by atoms with van der Waals surface area (Å²) in [5, 5.41) is 3.41. The molecule has 0 spiro atoms. The number of benzene rings is 1. The maximum Gasteiger partial charge on any atom is 0.194 e. The van der Waals surface area contributed by atoms with E-state index in [4.69, 9.17) is 4.74 Å². The van der Waals surface area contributed by atoms with Gasteiger partial charge in [-0.3, -0.25) is 4.99 Å². The summed E-state index contributed by atoms with van der Waals surface area (Å²) in [5.74, 6) is 2.84. The number of anilines is 1. The van der Waals surface area contributed by atoms with Crippen LogP contribution in [-0.2, 0) is 13.6 Å². The van der Waals surface area contributed by atoms with Gasteiger partial charge in [0.05, 0.1) is 19.3 Å². The van der Waals surface area contributed by atoms with Crippen LogP contribution in [0.4, 0.5) is 5.69 Å². The van der Waals surface area contributed by atoms with E-state index in [-0.39, 0.29) is 24.0 Å². The summed E-state index contributed by atoms with van der Waals surface area (Å²) >= 11 is 0. The van der Waals surface area contributed by atoms with Crippen LogP contribution in [0.15, 0.2) is 41.7 Å². The molecule has 3 rings (SSSR count). The Labute approximate surface area is 172 Å². The first-order valence-electron chi connectivity index (χ1n) is 8.52. The molecule has 1 aromatic heterocycles. The maximum absolute atomic E-state index is 5.48. The largest absolute Gasteiger partial charge is 0.495 e. The highest BCUT2D eigenvalue weighted by Gasteiger charge is 2.21. The molecule has 0 radical (unpaired) electrons. The Balaban J connectivity index is 0.00000243.